The molecule has 8 aliphatic rings. The van der Waals surface area contributed by atoms with Gasteiger partial charge in [0.2, 0.25) is 0 Å². The first-order valence-electron chi connectivity index (χ1n) is 22.5. The van der Waals surface area contributed by atoms with Crippen LogP contribution in [0.1, 0.15) is 104 Å². The lowest BCUT2D eigenvalue weighted by Gasteiger charge is -2.59. The van der Waals surface area contributed by atoms with Crippen molar-refractivity contribution in [3.63, 3.8) is 0 Å². The third-order valence-corrected chi connectivity index (χ3v) is 21.0. The largest absolute Gasteiger partial charge is 0.452 e. The highest BCUT2D eigenvalue weighted by Crippen LogP contribution is 2.83. The van der Waals surface area contributed by atoms with Gasteiger partial charge in [-0.25, -0.2) is 0 Å². The Balaban J connectivity index is 1.15. The zero-order valence-corrected chi connectivity index (χ0v) is 37.6. The Morgan fingerprint density at radius 3 is 2.25 bits per heavy atom. The van der Waals surface area contributed by atoms with Gasteiger partial charge in [0, 0.05) is 12.0 Å². The molecule has 0 spiro atoms. The quantitative estimate of drug-likeness (QED) is 0.0572. The van der Waals surface area contributed by atoms with Gasteiger partial charge in [-0.1, -0.05) is 134 Å². The van der Waals surface area contributed by atoms with Gasteiger partial charge in [-0.05, 0) is 84.5 Å². The lowest BCUT2D eigenvalue weighted by Crippen LogP contribution is -2.68. The van der Waals surface area contributed by atoms with E-state index in [1.165, 1.54) is 6.29 Å². The van der Waals surface area contributed by atoms with Crippen molar-refractivity contribution < 1.29 is 42.4 Å². The number of allylic oxidation sites excluding steroid dienone is 1. The zero-order valence-electron chi connectivity index (χ0n) is 36.6. The van der Waals surface area contributed by atoms with Crippen molar-refractivity contribution in [2.75, 3.05) is 13.2 Å². The average Bonchev–Trinajstić information content (AvgIpc) is 3.94. The maximum absolute atomic E-state index is 16.2. The van der Waals surface area contributed by atoms with Gasteiger partial charge in [0.25, 0.3) is 0 Å². The number of hydrogen-bond donors (Lipinski definition) is 0. The van der Waals surface area contributed by atoms with Crippen molar-refractivity contribution in [2.45, 2.75) is 148 Å². The zero-order chi connectivity index (χ0) is 41.8. The van der Waals surface area contributed by atoms with Gasteiger partial charge < -0.3 is 32.9 Å². The Bertz CT molecular complexity index is 1890. The van der Waals surface area contributed by atoms with Crippen molar-refractivity contribution in [3.8, 4) is 0 Å². The normalized spacial score (nSPS) is 40.3. The first-order valence-corrected chi connectivity index (χ1v) is 25.4. The molecule has 13 unspecified atom stereocenters. The smallest absolute Gasteiger partial charge is 0.318 e. The summed E-state index contributed by atoms with van der Waals surface area (Å²) in [7, 11) is -2.46. The summed E-state index contributed by atoms with van der Waals surface area (Å²) in [6.45, 7) is 20.6. The fourth-order valence-corrected chi connectivity index (χ4v) is 14.0. The van der Waals surface area contributed by atoms with Gasteiger partial charge in [0.05, 0.1) is 12.0 Å². The van der Waals surface area contributed by atoms with E-state index in [0.29, 0.717) is 18.9 Å². The van der Waals surface area contributed by atoms with E-state index in [0.717, 1.165) is 48.8 Å². The number of rotatable bonds is 15. The number of unbranched alkanes of at least 4 members (excludes halogenated alkanes) is 1. The van der Waals surface area contributed by atoms with Crippen LogP contribution in [0.2, 0.25) is 18.1 Å². The van der Waals surface area contributed by atoms with Crippen LogP contribution in [-0.2, 0) is 42.4 Å². The maximum Gasteiger partial charge on any atom is 0.318 e. The molecule has 2 aromatic carbocycles. The van der Waals surface area contributed by atoms with E-state index in [1.807, 2.05) is 60.7 Å². The van der Waals surface area contributed by atoms with E-state index in [9.17, 15) is 4.79 Å². The molecule has 10 rings (SSSR count). The number of ether oxygens (including phenoxy) is 6. The van der Waals surface area contributed by atoms with E-state index in [1.54, 1.807) is 0 Å². The van der Waals surface area contributed by atoms with Crippen LogP contribution < -0.4 is 0 Å². The van der Waals surface area contributed by atoms with E-state index in [4.69, 9.17) is 32.8 Å². The van der Waals surface area contributed by atoms with E-state index in [2.05, 4.69) is 67.6 Å². The summed E-state index contributed by atoms with van der Waals surface area (Å²) in [5.41, 5.74) is -0.253. The van der Waals surface area contributed by atoms with Gasteiger partial charge >= 0.3 is 11.9 Å². The van der Waals surface area contributed by atoms with Crippen molar-refractivity contribution in [1.29, 1.82) is 0 Å². The van der Waals surface area contributed by atoms with E-state index in [-0.39, 0.29) is 47.4 Å². The lowest BCUT2D eigenvalue weighted by molar-refractivity contribution is -0.445. The molecule has 0 radical (unpaired) electrons. The molecule has 59 heavy (non-hydrogen) atoms. The number of esters is 1. The molecular formula is C49H66O9Si. The molecule has 4 aliphatic carbocycles. The Kier molecular flexibility index (Phi) is 10.4. The summed E-state index contributed by atoms with van der Waals surface area (Å²) in [6.07, 6.45) is 5.40. The number of aldehydes is 1. The summed E-state index contributed by atoms with van der Waals surface area (Å²) < 4.78 is 48.4. The van der Waals surface area contributed by atoms with Crippen molar-refractivity contribution >= 4 is 20.6 Å². The first-order chi connectivity index (χ1) is 28.1. The Morgan fingerprint density at radius 1 is 0.966 bits per heavy atom. The van der Waals surface area contributed by atoms with Crippen LogP contribution in [0.3, 0.4) is 0 Å². The minimum atomic E-state index is -2.46. The minimum Gasteiger partial charge on any atom is -0.452 e. The molecular weight excluding hydrogens is 761 g/mol. The van der Waals surface area contributed by atoms with E-state index < -0.39 is 61.2 Å². The predicted octanol–water partition coefficient (Wildman–Crippen LogP) is 9.56. The molecule has 2 aromatic rings. The number of benzene rings is 2. The Labute approximate surface area is 352 Å². The Hall–Kier alpha value is -2.70. The van der Waals surface area contributed by atoms with Gasteiger partial charge in [-0.3, -0.25) is 9.53 Å². The minimum absolute atomic E-state index is 0.0122. The third kappa shape index (κ3) is 5.89. The van der Waals surface area contributed by atoms with Crippen molar-refractivity contribution in [3.05, 3.63) is 83.4 Å². The fourth-order valence-electron chi connectivity index (χ4n) is 12.8. The average molecular weight is 827 g/mol. The molecule has 8 bridgehead atoms. The summed E-state index contributed by atoms with van der Waals surface area (Å²) in [5.74, 6) is -1.29. The number of carbonyl (C=O) groups excluding carboxylic acids is 2. The second-order valence-corrected chi connectivity index (χ2v) is 25.6. The highest BCUT2D eigenvalue weighted by atomic mass is 28.4. The van der Waals surface area contributed by atoms with Crippen LogP contribution in [-0.4, -0.2) is 70.5 Å². The maximum atomic E-state index is 16.2. The molecule has 0 amide bonds. The van der Waals surface area contributed by atoms with Crippen LogP contribution in [0.25, 0.3) is 0 Å². The summed E-state index contributed by atoms with van der Waals surface area (Å²) in [6, 6.07) is 19.9. The molecule has 9 nitrogen and oxygen atoms in total. The molecule has 4 saturated heterocycles. The second kappa shape index (κ2) is 14.7. The molecule has 7 fully saturated rings. The molecule has 0 aromatic heterocycles. The van der Waals surface area contributed by atoms with Crippen molar-refractivity contribution in [2.24, 2.45) is 45.8 Å². The van der Waals surface area contributed by atoms with Gasteiger partial charge in [0.15, 0.2) is 26.8 Å². The summed E-state index contributed by atoms with van der Waals surface area (Å²) in [5, 5.41) is -0.118. The molecule has 13 atom stereocenters. The third-order valence-electron chi connectivity index (χ3n) is 16.5. The SMILES string of the molecule is CCCCOC1C2OC3(OCC45CC6C(C)CCC6C6(C=O)CC4C=C(C(C)C)C65C(=O)OC(c4ccccc4)c4ccccc4)OC2OC1C3O[Si](C)(C)C(C)(C)C. The summed E-state index contributed by atoms with van der Waals surface area (Å²) >= 11 is 0. The Morgan fingerprint density at radius 2 is 1.64 bits per heavy atom. The number of hydrogen-bond acceptors (Lipinski definition) is 9. The monoisotopic (exact) mass is 826 g/mol. The van der Waals surface area contributed by atoms with Gasteiger partial charge in [0.1, 0.15) is 30.0 Å². The highest BCUT2D eigenvalue weighted by molar-refractivity contribution is 6.74. The van der Waals surface area contributed by atoms with Gasteiger partial charge in [-0.15, -0.1) is 0 Å². The summed E-state index contributed by atoms with van der Waals surface area (Å²) in [4.78, 5) is 30.5. The van der Waals surface area contributed by atoms with Gasteiger partial charge in [-0.2, -0.15) is 0 Å². The lowest BCUT2D eigenvalue weighted by atomic mass is 9.43. The number of carbonyl (C=O) groups is 2. The van der Waals surface area contributed by atoms with Crippen LogP contribution in [0, 0.1) is 45.8 Å². The second-order valence-electron chi connectivity index (χ2n) is 20.8. The van der Waals surface area contributed by atoms with Crippen LogP contribution in [0.15, 0.2) is 72.3 Å². The van der Waals surface area contributed by atoms with Crippen molar-refractivity contribution in [1.82, 2.24) is 0 Å². The highest BCUT2D eigenvalue weighted by Gasteiger charge is 2.85. The molecule has 0 N–H and O–H groups in total. The van der Waals surface area contributed by atoms with Crippen LogP contribution in [0.5, 0.6) is 0 Å². The topological polar surface area (TPSA) is 98.8 Å². The molecule has 320 valence electrons. The van der Waals surface area contributed by atoms with Crippen LogP contribution in [0.4, 0.5) is 0 Å². The standard InChI is InChI=1S/C49H66O9Si/c1-10-11-24-52-39-40-42(58-59(8,9)45(5,6)7)49(56-41(39)43(54-40)57-49)53-29-47-27-35-31(4)22-23-36(35)46(28-50)26-34(47)25-37(30(2)3)48(46,47)44(51)55-38(32-18-14-12-15-19-32)33-20-16-13-17-21-33/h12-21,25,28,30-31,34-36,38-43H,10-11,22-24,26-27,29H2,1-9H3. The van der Waals surface area contributed by atoms with Crippen LogP contribution >= 0.6 is 0 Å². The first kappa shape index (κ1) is 41.6. The molecule has 4 aliphatic heterocycles. The fraction of sp³-hybridized carbons (Fsp3) is 0.673. The van der Waals surface area contributed by atoms with E-state index >= 15 is 4.79 Å². The molecule has 10 heteroatoms. The predicted molar refractivity (Wildman–Crippen MR) is 225 cm³/mol. The molecule has 4 heterocycles. The molecule has 3 saturated carbocycles. The number of fused-ring (bicyclic) bond motifs is 2.